The number of nitrogens with zero attached hydrogens (tertiary/aromatic N) is 7. The Hall–Kier alpha value is -5.96. The molecule has 3 saturated heterocycles. The van der Waals surface area contributed by atoms with Crippen LogP contribution in [-0.4, -0.2) is 96.9 Å². The summed E-state index contributed by atoms with van der Waals surface area (Å²) >= 11 is 0. The van der Waals surface area contributed by atoms with E-state index in [1.165, 1.54) is 22.4 Å². The van der Waals surface area contributed by atoms with Crippen LogP contribution in [0.5, 0.6) is 0 Å². The number of halogens is 1. The summed E-state index contributed by atoms with van der Waals surface area (Å²) in [5.41, 5.74) is 4.20. The van der Waals surface area contributed by atoms with Gasteiger partial charge in [-0.05, 0) is 113 Å². The van der Waals surface area contributed by atoms with Crippen LogP contribution in [0.15, 0.2) is 77.9 Å². The van der Waals surface area contributed by atoms with Crippen molar-refractivity contribution in [3.63, 3.8) is 0 Å². The van der Waals surface area contributed by atoms with Crippen molar-refractivity contribution < 1.29 is 23.5 Å². The lowest BCUT2D eigenvalue weighted by atomic mass is 9.87. The van der Waals surface area contributed by atoms with Gasteiger partial charge in [-0.25, -0.2) is 19.2 Å². The number of fused-ring (bicyclic) bond motifs is 1. The van der Waals surface area contributed by atoms with Gasteiger partial charge in [-0.3, -0.25) is 28.9 Å². The Balaban J connectivity index is 0.703. The molecular weight excluding hydrogens is 778 g/mol. The first-order chi connectivity index (χ1) is 29.6. The molecule has 318 valence electrons. The van der Waals surface area contributed by atoms with Crippen molar-refractivity contribution in [2.45, 2.75) is 88.2 Å². The molecule has 1 atom stereocenters. The van der Waals surface area contributed by atoms with Crippen LogP contribution in [0.3, 0.4) is 0 Å². The number of piperidine rings is 3. The van der Waals surface area contributed by atoms with Crippen LogP contribution >= 0.6 is 0 Å². The van der Waals surface area contributed by atoms with Gasteiger partial charge in [0.15, 0.2) is 5.82 Å². The molecule has 14 nitrogen and oxygen atoms in total. The van der Waals surface area contributed by atoms with Crippen molar-refractivity contribution in [2.75, 3.05) is 38.0 Å². The molecule has 1 saturated carbocycles. The molecule has 2 N–H and O–H groups in total. The highest BCUT2D eigenvalue weighted by Crippen LogP contribution is 2.35. The van der Waals surface area contributed by atoms with Gasteiger partial charge in [0.1, 0.15) is 11.8 Å². The quantitative estimate of drug-likeness (QED) is 0.162. The van der Waals surface area contributed by atoms with E-state index in [1.807, 2.05) is 16.6 Å². The van der Waals surface area contributed by atoms with Gasteiger partial charge in [-0.1, -0.05) is 30.3 Å². The summed E-state index contributed by atoms with van der Waals surface area (Å²) in [7, 11) is 1.92. The molecule has 3 amide bonds. The zero-order chi connectivity index (χ0) is 42.0. The lowest BCUT2D eigenvalue weighted by molar-refractivity contribution is -0.134. The molecule has 9 rings (SSSR count). The lowest BCUT2D eigenvalue weighted by Gasteiger charge is -2.38. The number of imide groups is 1. The number of likely N-dealkylation sites (tertiary alicyclic amines) is 2. The Morgan fingerprint density at radius 3 is 2.48 bits per heavy atom. The fourth-order valence-corrected chi connectivity index (χ4v) is 9.69. The summed E-state index contributed by atoms with van der Waals surface area (Å²) in [5, 5.41) is 11.5. The van der Waals surface area contributed by atoms with Gasteiger partial charge in [0.05, 0.1) is 23.3 Å². The van der Waals surface area contributed by atoms with Gasteiger partial charge < -0.3 is 19.9 Å². The molecule has 4 fully saturated rings. The predicted molar refractivity (Wildman–Crippen MR) is 228 cm³/mol. The van der Waals surface area contributed by atoms with E-state index in [9.17, 15) is 23.6 Å². The largest absolute Gasteiger partial charge is 0.446 e. The predicted octanol–water partition coefficient (Wildman–Crippen LogP) is 6.29. The van der Waals surface area contributed by atoms with E-state index < -0.39 is 11.7 Å². The molecule has 0 radical (unpaired) electrons. The molecule has 2 aromatic carbocycles. The highest BCUT2D eigenvalue weighted by Gasteiger charge is 2.33. The minimum Gasteiger partial charge on any atom is -0.446 e. The van der Waals surface area contributed by atoms with Crippen molar-refractivity contribution in [1.29, 1.82) is 0 Å². The topological polar surface area (TPSA) is 157 Å². The van der Waals surface area contributed by atoms with Crippen LogP contribution < -0.4 is 16.2 Å². The van der Waals surface area contributed by atoms with Crippen LogP contribution in [0.1, 0.15) is 87.3 Å². The molecule has 1 aliphatic carbocycles. The van der Waals surface area contributed by atoms with Crippen LogP contribution in [0.25, 0.3) is 27.8 Å². The fraction of sp³-hybridized carbons (Fsp3) is 0.457. The summed E-state index contributed by atoms with van der Waals surface area (Å²) in [6, 6.07) is 18.6. The standard InChI is InChI=1S/C46H52FN9O5/c1-53-39-26-31(8-13-36(39)43(52-53)37-14-15-40(57)50-44(37)59)30-18-21-54(22-19-30)28-29-16-23-55(24-17-29)46(60)61-35-11-9-33(10-12-35)49-45-48-27-38(47)42(51-45)32-5-4-6-34(25-32)56-20-3-2-7-41(56)58/h2-8,13,20,25-27,29-30,33,35,37H,9-12,14-19,21-24,28H2,1H3,(H,48,49,51)(H,50,57,59)/t33-,35-,37-/m1/s1. The molecule has 0 bridgehead atoms. The number of pyridine rings is 1. The normalized spacial score (nSPS) is 22.0. The molecule has 0 spiro atoms. The van der Waals surface area contributed by atoms with Gasteiger partial charge >= 0.3 is 6.09 Å². The molecule has 61 heavy (non-hydrogen) atoms. The monoisotopic (exact) mass is 829 g/mol. The summed E-state index contributed by atoms with van der Waals surface area (Å²) in [4.78, 5) is 63.0. The Bertz CT molecular complexity index is 2480. The average molecular weight is 830 g/mol. The van der Waals surface area contributed by atoms with E-state index >= 15 is 0 Å². The number of rotatable bonds is 9. The van der Waals surface area contributed by atoms with Gasteiger partial charge in [-0.2, -0.15) is 5.10 Å². The van der Waals surface area contributed by atoms with Gasteiger partial charge in [0, 0.05) is 68.0 Å². The molecule has 5 aromatic rings. The van der Waals surface area contributed by atoms with Crippen molar-refractivity contribution in [2.24, 2.45) is 13.0 Å². The Kier molecular flexibility index (Phi) is 11.6. The molecule has 6 heterocycles. The highest BCUT2D eigenvalue weighted by molar-refractivity contribution is 6.02. The van der Waals surface area contributed by atoms with Crippen LogP contribution in [-0.2, 0) is 21.4 Å². The zero-order valence-electron chi connectivity index (χ0n) is 34.5. The van der Waals surface area contributed by atoms with Gasteiger partial charge in [-0.15, -0.1) is 0 Å². The summed E-state index contributed by atoms with van der Waals surface area (Å²) in [5.74, 6) is -0.0940. The Labute approximate surface area is 353 Å². The van der Waals surface area contributed by atoms with Crippen LogP contribution in [0.4, 0.5) is 15.1 Å². The Morgan fingerprint density at radius 1 is 0.902 bits per heavy atom. The number of ether oxygens (including phenoxy) is 1. The fourth-order valence-electron chi connectivity index (χ4n) is 9.69. The van der Waals surface area contributed by atoms with Gasteiger partial charge in [0.25, 0.3) is 5.56 Å². The second kappa shape index (κ2) is 17.6. The second-order valence-corrected chi connectivity index (χ2v) is 17.1. The van der Waals surface area contributed by atoms with E-state index in [0.29, 0.717) is 55.0 Å². The van der Waals surface area contributed by atoms with Crippen molar-refractivity contribution >= 4 is 34.8 Å². The zero-order valence-corrected chi connectivity index (χ0v) is 34.5. The average Bonchev–Trinajstić information content (AvgIpc) is 3.60. The number of nitrogens with one attached hydrogen (secondary N) is 2. The first-order valence-electron chi connectivity index (χ1n) is 21.7. The van der Waals surface area contributed by atoms with Crippen LogP contribution in [0.2, 0.25) is 0 Å². The Morgan fingerprint density at radius 2 is 1.70 bits per heavy atom. The molecule has 0 unspecified atom stereocenters. The van der Waals surface area contributed by atoms with Crippen LogP contribution in [0, 0.1) is 11.7 Å². The second-order valence-electron chi connectivity index (χ2n) is 17.1. The maximum absolute atomic E-state index is 15.0. The smallest absolute Gasteiger partial charge is 0.410 e. The maximum atomic E-state index is 15.0. The maximum Gasteiger partial charge on any atom is 0.410 e. The first-order valence-corrected chi connectivity index (χ1v) is 21.7. The number of anilines is 1. The van der Waals surface area contributed by atoms with Crippen molar-refractivity contribution in [3.8, 4) is 16.9 Å². The molecule has 4 aliphatic rings. The van der Waals surface area contributed by atoms with Crippen molar-refractivity contribution in [1.82, 2.24) is 39.4 Å². The number of carbonyl (C=O) groups is 3. The van der Waals surface area contributed by atoms with Gasteiger partial charge in [0.2, 0.25) is 17.8 Å². The minimum absolute atomic E-state index is 0.0630. The number of aryl methyl sites for hydroxylation is 1. The third-order valence-electron chi connectivity index (χ3n) is 13.2. The summed E-state index contributed by atoms with van der Waals surface area (Å²) < 4.78 is 24.3. The van der Waals surface area contributed by atoms with E-state index in [0.717, 1.165) is 87.6 Å². The molecular formula is C46H52FN9O5. The summed E-state index contributed by atoms with van der Waals surface area (Å²) in [6.45, 7) is 4.53. The third kappa shape index (κ3) is 8.93. The van der Waals surface area contributed by atoms with E-state index in [1.54, 1.807) is 42.6 Å². The highest BCUT2D eigenvalue weighted by atomic mass is 19.1. The number of hydrogen-bond acceptors (Lipinski definition) is 10. The third-order valence-corrected chi connectivity index (χ3v) is 13.2. The van der Waals surface area contributed by atoms with E-state index in [-0.39, 0.29) is 41.3 Å². The molecule has 3 aromatic heterocycles. The SMILES string of the molecule is Cn1nc([C@H]2CCC(=O)NC2=O)c2ccc(C3CCN(CC4CCN(C(=O)O[C@H]5CC[C@H](Nc6ncc(F)c(-c7cccc(-n8ccccc8=O)c7)n6)CC5)CC4)CC3)cc21. The lowest BCUT2D eigenvalue weighted by Crippen LogP contribution is -2.44. The van der Waals surface area contributed by atoms with E-state index in [4.69, 9.17) is 9.84 Å². The summed E-state index contributed by atoms with van der Waals surface area (Å²) in [6.07, 6.45) is 10.4. The number of carbonyl (C=O) groups excluding carboxylic acids is 3. The number of amides is 3. The first kappa shape index (κ1) is 40.4. The molecule has 3 aliphatic heterocycles. The number of hydrogen-bond donors (Lipinski definition) is 2. The molecule has 15 heteroatoms. The van der Waals surface area contributed by atoms with Crippen molar-refractivity contribution in [3.05, 3.63) is 100 Å². The number of benzene rings is 2. The van der Waals surface area contributed by atoms with E-state index in [2.05, 4.69) is 43.7 Å². The minimum atomic E-state index is -0.551. The number of aromatic nitrogens is 5.